The molecule has 5 heteroatoms. The maximum absolute atomic E-state index is 5.81. The SMILES string of the molecule is COc1c(N)cccc1-c1c[n+](C)[nH]n1. The van der Waals surface area contributed by atoms with Crippen LogP contribution in [0.2, 0.25) is 0 Å². The number of rotatable bonds is 2. The van der Waals surface area contributed by atoms with Gasteiger partial charge in [-0.3, -0.25) is 0 Å². The van der Waals surface area contributed by atoms with E-state index in [1.165, 1.54) is 0 Å². The quantitative estimate of drug-likeness (QED) is 0.554. The summed E-state index contributed by atoms with van der Waals surface area (Å²) in [6.07, 6.45) is 1.87. The van der Waals surface area contributed by atoms with Gasteiger partial charge in [0.1, 0.15) is 7.05 Å². The summed E-state index contributed by atoms with van der Waals surface area (Å²) >= 11 is 0. The standard InChI is InChI=1S/C10H12N4O/c1-14-6-9(12-13-14)7-4-3-5-8(11)10(7)15-2/h3-6H,11H2,1-2H3/p+1. The Labute approximate surface area is 87.5 Å². The van der Waals surface area contributed by atoms with Gasteiger partial charge in [-0.1, -0.05) is 11.3 Å². The summed E-state index contributed by atoms with van der Waals surface area (Å²) < 4.78 is 7.01. The van der Waals surface area contributed by atoms with E-state index in [0.29, 0.717) is 11.4 Å². The van der Waals surface area contributed by atoms with Crippen molar-refractivity contribution in [3.05, 3.63) is 24.4 Å². The Morgan fingerprint density at radius 3 is 2.87 bits per heavy atom. The predicted molar refractivity (Wildman–Crippen MR) is 56.2 cm³/mol. The van der Waals surface area contributed by atoms with Gasteiger partial charge in [0.05, 0.1) is 18.4 Å². The van der Waals surface area contributed by atoms with Gasteiger partial charge in [-0.2, -0.15) is 4.68 Å². The van der Waals surface area contributed by atoms with E-state index in [-0.39, 0.29) is 0 Å². The van der Waals surface area contributed by atoms with Gasteiger partial charge in [0.25, 0.3) is 5.69 Å². The van der Waals surface area contributed by atoms with Crippen LogP contribution in [0.15, 0.2) is 24.4 Å². The molecule has 2 aromatic rings. The smallest absolute Gasteiger partial charge is 0.252 e. The van der Waals surface area contributed by atoms with Crippen LogP contribution < -0.4 is 15.2 Å². The van der Waals surface area contributed by atoms with Crippen LogP contribution in [0.25, 0.3) is 11.3 Å². The van der Waals surface area contributed by atoms with Crippen LogP contribution >= 0.6 is 0 Å². The van der Waals surface area contributed by atoms with Gasteiger partial charge in [0, 0.05) is 5.10 Å². The number of methoxy groups -OCH3 is 1. The van der Waals surface area contributed by atoms with Gasteiger partial charge >= 0.3 is 0 Å². The summed E-state index contributed by atoms with van der Waals surface area (Å²) in [6.45, 7) is 0. The lowest BCUT2D eigenvalue weighted by Crippen LogP contribution is -2.28. The number of nitrogens with one attached hydrogen (secondary N) is 1. The van der Waals surface area contributed by atoms with Crippen molar-refractivity contribution in [1.82, 2.24) is 10.3 Å². The van der Waals surface area contributed by atoms with Crippen LogP contribution in [-0.4, -0.2) is 17.4 Å². The Morgan fingerprint density at radius 2 is 2.27 bits per heavy atom. The summed E-state index contributed by atoms with van der Waals surface area (Å²) in [5, 5.41) is 6.95. The monoisotopic (exact) mass is 205 g/mol. The third-order valence-corrected chi connectivity index (χ3v) is 2.17. The van der Waals surface area contributed by atoms with Crippen molar-refractivity contribution in [1.29, 1.82) is 0 Å². The fourth-order valence-corrected chi connectivity index (χ4v) is 1.49. The number of aromatic amines is 1. The molecule has 2 rings (SSSR count). The molecule has 0 unspecified atom stereocenters. The van der Waals surface area contributed by atoms with Crippen molar-refractivity contribution in [3.63, 3.8) is 0 Å². The minimum atomic E-state index is 0.612. The predicted octanol–water partition coefficient (Wildman–Crippen LogP) is 0.492. The number of nitrogen functional groups attached to an aromatic ring is 1. The normalized spacial score (nSPS) is 10.3. The van der Waals surface area contributed by atoms with E-state index in [0.717, 1.165) is 11.3 Å². The zero-order chi connectivity index (χ0) is 10.8. The Balaban J connectivity index is 2.57. The molecule has 78 valence electrons. The van der Waals surface area contributed by atoms with E-state index in [4.69, 9.17) is 10.5 Å². The van der Waals surface area contributed by atoms with E-state index in [1.54, 1.807) is 17.9 Å². The van der Waals surface area contributed by atoms with Crippen LogP contribution in [-0.2, 0) is 7.05 Å². The number of nitrogens with zero attached hydrogens (tertiary/aromatic N) is 2. The molecule has 3 N–H and O–H groups in total. The van der Waals surface area contributed by atoms with E-state index < -0.39 is 0 Å². The summed E-state index contributed by atoms with van der Waals surface area (Å²) in [4.78, 5) is 0. The van der Waals surface area contributed by atoms with Crippen molar-refractivity contribution >= 4 is 5.69 Å². The molecule has 1 heterocycles. The molecule has 1 aromatic carbocycles. The molecule has 0 radical (unpaired) electrons. The summed E-state index contributed by atoms with van der Waals surface area (Å²) in [6, 6.07) is 5.60. The molecular weight excluding hydrogens is 192 g/mol. The molecule has 0 aliphatic carbocycles. The average molecular weight is 205 g/mol. The van der Waals surface area contributed by atoms with Crippen molar-refractivity contribution in [2.75, 3.05) is 12.8 Å². The lowest BCUT2D eigenvalue weighted by Gasteiger charge is -2.06. The van der Waals surface area contributed by atoms with Gasteiger partial charge in [-0.05, 0) is 12.1 Å². The number of hydrogen-bond acceptors (Lipinski definition) is 3. The molecular formula is C10H13N4O+. The number of H-pyrrole nitrogens is 1. The zero-order valence-electron chi connectivity index (χ0n) is 8.69. The molecule has 0 aliphatic rings. The number of para-hydroxylation sites is 1. The Kier molecular flexibility index (Phi) is 2.29. The molecule has 0 saturated carbocycles. The number of anilines is 1. The van der Waals surface area contributed by atoms with Gasteiger partial charge in [0.2, 0.25) is 0 Å². The number of nitrogens with two attached hydrogens (primary N) is 1. The largest absolute Gasteiger partial charge is 0.494 e. The highest BCUT2D eigenvalue weighted by Crippen LogP contribution is 2.32. The molecule has 5 nitrogen and oxygen atoms in total. The van der Waals surface area contributed by atoms with Crippen molar-refractivity contribution in [2.45, 2.75) is 0 Å². The van der Waals surface area contributed by atoms with Gasteiger partial charge in [-0.15, -0.1) is 0 Å². The summed E-state index contributed by atoms with van der Waals surface area (Å²) in [5.74, 6) is 0.657. The topological polar surface area (TPSA) is 67.8 Å². The molecule has 0 bridgehead atoms. The maximum Gasteiger partial charge on any atom is 0.252 e. The van der Waals surface area contributed by atoms with Crippen LogP contribution in [0.1, 0.15) is 0 Å². The molecule has 0 saturated heterocycles. The third kappa shape index (κ3) is 1.63. The fourth-order valence-electron chi connectivity index (χ4n) is 1.49. The highest BCUT2D eigenvalue weighted by Gasteiger charge is 2.16. The molecule has 0 spiro atoms. The summed E-state index contributed by atoms with van der Waals surface area (Å²) in [7, 11) is 3.47. The minimum absolute atomic E-state index is 0.612. The Bertz CT molecular complexity index is 478. The second-order valence-corrected chi connectivity index (χ2v) is 3.27. The van der Waals surface area contributed by atoms with Crippen molar-refractivity contribution < 1.29 is 9.42 Å². The highest BCUT2D eigenvalue weighted by atomic mass is 16.5. The van der Waals surface area contributed by atoms with E-state index in [9.17, 15) is 0 Å². The number of benzene rings is 1. The number of ether oxygens (including phenoxy) is 1. The second-order valence-electron chi connectivity index (χ2n) is 3.27. The van der Waals surface area contributed by atoms with Crippen molar-refractivity contribution in [2.24, 2.45) is 7.05 Å². The third-order valence-electron chi connectivity index (χ3n) is 2.17. The van der Waals surface area contributed by atoms with Crippen LogP contribution in [0.4, 0.5) is 5.69 Å². The maximum atomic E-state index is 5.81. The summed E-state index contributed by atoms with van der Waals surface area (Å²) in [5.41, 5.74) is 8.11. The lowest BCUT2D eigenvalue weighted by atomic mass is 10.1. The van der Waals surface area contributed by atoms with E-state index >= 15 is 0 Å². The van der Waals surface area contributed by atoms with Crippen LogP contribution in [0.5, 0.6) is 5.75 Å². The molecule has 15 heavy (non-hydrogen) atoms. The fraction of sp³-hybridized carbons (Fsp3) is 0.200. The van der Waals surface area contributed by atoms with E-state index in [2.05, 4.69) is 10.3 Å². The van der Waals surface area contributed by atoms with Crippen molar-refractivity contribution in [3.8, 4) is 17.0 Å². The number of hydrogen-bond donors (Lipinski definition) is 2. The van der Waals surface area contributed by atoms with E-state index in [1.807, 2.05) is 25.4 Å². The van der Waals surface area contributed by atoms with Gasteiger partial charge in [0.15, 0.2) is 11.9 Å². The molecule has 1 aromatic heterocycles. The van der Waals surface area contributed by atoms with Crippen LogP contribution in [0, 0.1) is 0 Å². The van der Waals surface area contributed by atoms with Gasteiger partial charge in [-0.25, -0.2) is 0 Å². The first-order valence-corrected chi connectivity index (χ1v) is 4.56. The molecule has 0 fully saturated rings. The number of aryl methyl sites for hydroxylation is 1. The molecule has 0 atom stereocenters. The van der Waals surface area contributed by atoms with Gasteiger partial charge < -0.3 is 10.5 Å². The Hall–Kier alpha value is -2.04. The minimum Gasteiger partial charge on any atom is -0.494 e. The highest BCUT2D eigenvalue weighted by molar-refractivity contribution is 5.74. The second kappa shape index (κ2) is 3.61. The first-order valence-electron chi connectivity index (χ1n) is 4.56. The Morgan fingerprint density at radius 1 is 1.47 bits per heavy atom. The number of aromatic nitrogens is 3. The van der Waals surface area contributed by atoms with Crippen LogP contribution in [0.3, 0.4) is 0 Å². The average Bonchev–Trinajstić information content (AvgIpc) is 2.64. The lowest BCUT2D eigenvalue weighted by molar-refractivity contribution is -0.730. The zero-order valence-corrected chi connectivity index (χ0v) is 8.69. The molecule has 0 aliphatic heterocycles. The first kappa shape index (κ1) is 9.51. The first-order chi connectivity index (χ1) is 7.22. The molecule has 0 amide bonds.